The smallest absolute Gasteiger partial charge is 0.160 e. The molecule has 1 aromatic rings. The largest absolute Gasteiger partial charge is 0.493 e. The maximum atomic E-state index is 9.96. The number of β-amino-alcohol motifs (C(OH)–C–C–N with tert-alkyl or cyclic N) is 1. The van der Waals surface area contributed by atoms with Crippen molar-refractivity contribution in [1.29, 1.82) is 0 Å². The Labute approximate surface area is 152 Å². The van der Waals surface area contributed by atoms with Crippen molar-refractivity contribution < 1.29 is 20.7 Å². The van der Waals surface area contributed by atoms with Gasteiger partial charge in [-0.15, -0.1) is 0 Å². The number of hydrogen-bond donors (Lipinski definition) is 1. The molecule has 0 spiro atoms. The average molecular weight is 350 g/mol. The van der Waals surface area contributed by atoms with Crippen LogP contribution in [-0.2, 0) is 11.2 Å². The summed E-state index contributed by atoms with van der Waals surface area (Å²) in [6, 6.07) is 6.30. The molecule has 140 valence electrons. The van der Waals surface area contributed by atoms with Crippen LogP contribution in [0, 0.1) is 0 Å². The summed E-state index contributed by atoms with van der Waals surface area (Å²) in [6.45, 7) is 1.89. The molecule has 1 aromatic carbocycles. The van der Waals surface area contributed by atoms with Gasteiger partial charge in [-0.25, -0.2) is 0 Å². The zero-order chi connectivity index (χ0) is 18.6. The average Bonchev–Trinajstić information content (AvgIpc) is 3.01. The molecule has 1 heterocycles. The van der Waals surface area contributed by atoms with E-state index in [1.165, 1.54) is 12.8 Å². The number of hydrogen-bond acceptors (Lipinski definition) is 5. The molecule has 0 amide bonds. The van der Waals surface area contributed by atoms with Gasteiger partial charge < -0.3 is 19.3 Å². The lowest BCUT2D eigenvalue weighted by Gasteiger charge is -2.37. The normalized spacial score (nSPS) is 30.9. The van der Waals surface area contributed by atoms with E-state index in [2.05, 4.69) is 4.90 Å². The van der Waals surface area contributed by atoms with Crippen molar-refractivity contribution in [2.75, 3.05) is 33.9 Å². The van der Waals surface area contributed by atoms with E-state index in [4.69, 9.17) is 15.6 Å². The fraction of sp³-hybridized carbons (Fsp3) is 0.700. The molecule has 5 nitrogen and oxygen atoms in total. The molecule has 0 radical (unpaired) electrons. The van der Waals surface area contributed by atoms with E-state index in [-0.39, 0.29) is 6.10 Å². The van der Waals surface area contributed by atoms with E-state index in [1.807, 2.05) is 18.2 Å². The third-order valence-corrected chi connectivity index (χ3v) is 5.38. The molecular weight excluding hydrogens is 318 g/mol. The number of benzene rings is 1. The fourth-order valence-corrected chi connectivity index (χ4v) is 4.00. The Bertz CT molecular complexity index is 595. The van der Waals surface area contributed by atoms with Crippen LogP contribution in [0.5, 0.6) is 11.5 Å². The number of rotatable bonds is 7. The van der Waals surface area contributed by atoms with Gasteiger partial charge >= 0.3 is 0 Å². The minimum atomic E-state index is -1.29. The van der Waals surface area contributed by atoms with Crippen LogP contribution in [0.25, 0.3) is 0 Å². The van der Waals surface area contributed by atoms with Crippen molar-refractivity contribution >= 4 is 0 Å². The molecule has 1 saturated carbocycles. The SMILES string of the molecule is [2H]C1(O)CCN([C@@H]2CCCCC2OCCc2ccc(OC)c(OC)c2)C1. The summed E-state index contributed by atoms with van der Waals surface area (Å²) in [5.74, 6) is 1.48. The second kappa shape index (κ2) is 8.88. The Morgan fingerprint density at radius 2 is 1.96 bits per heavy atom. The molecule has 5 heteroatoms. The van der Waals surface area contributed by atoms with Gasteiger partial charge in [0.05, 0.1) is 34.4 Å². The number of nitrogens with zero attached hydrogens (tertiary/aromatic N) is 1. The first-order valence-corrected chi connectivity index (χ1v) is 9.31. The molecule has 3 rings (SSSR count). The van der Waals surface area contributed by atoms with Crippen LogP contribution in [0.2, 0.25) is 0 Å². The molecule has 0 bridgehead atoms. The molecule has 3 atom stereocenters. The van der Waals surface area contributed by atoms with E-state index in [9.17, 15) is 5.11 Å². The van der Waals surface area contributed by atoms with Gasteiger partial charge in [0.25, 0.3) is 0 Å². The lowest BCUT2D eigenvalue weighted by molar-refractivity contribution is -0.0316. The summed E-state index contributed by atoms with van der Waals surface area (Å²) in [5, 5.41) is 9.96. The molecule has 2 aliphatic rings. The topological polar surface area (TPSA) is 51.2 Å². The lowest BCUT2D eigenvalue weighted by atomic mass is 9.91. The number of ether oxygens (including phenoxy) is 3. The van der Waals surface area contributed by atoms with E-state index in [0.29, 0.717) is 25.6 Å². The maximum absolute atomic E-state index is 9.96. The first-order valence-electron chi connectivity index (χ1n) is 9.81. The van der Waals surface area contributed by atoms with Gasteiger partial charge in [-0.05, 0) is 43.4 Å². The van der Waals surface area contributed by atoms with Gasteiger partial charge in [0.1, 0.15) is 0 Å². The Kier molecular flexibility index (Phi) is 6.08. The van der Waals surface area contributed by atoms with Gasteiger partial charge in [0, 0.05) is 19.1 Å². The maximum Gasteiger partial charge on any atom is 0.160 e. The van der Waals surface area contributed by atoms with Gasteiger partial charge in [0.2, 0.25) is 0 Å². The summed E-state index contributed by atoms with van der Waals surface area (Å²) in [4.78, 5) is 2.26. The Morgan fingerprint density at radius 3 is 2.68 bits per heavy atom. The van der Waals surface area contributed by atoms with E-state index >= 15 is 0 Å². The van der Waals surface area contributed by atoms with Crippen molar-refractivity contribution in [3.05, 3.63) is 23.8 Å². The third kappa shape index (κ3) is 4.66. The van der Waals surface area contributed by atoms with Gasteiger partial charge in [-0.3, -0.25) is 4.90 Å². The molecule has 0 aromatic heterocycles. The van der Waals surface area contributed by atoms with E-state index in [1.54, 1.807) is 14.2 Å². The standard InChI is InChI=1S/C20H31NO4/c1-23-19-8-7-15(13-20(19)24-2)10-12-25-18-6-4-3-5-17(18)21-11-9-16(22)14-21/h7-8,13,16-18,22H,3-6,9-12,14H2,1-2H3/t16?,17-,18?/m1/s1/i16D. The fourth-order valence-electron chi connectivity index (χ4n) is 4.00. The molecule has 2 unspecified atom stereocenters. The van der Waals surface area contributed by atoms with Crippen molar-refractivity contribution in [2.45, 2.75) is 56.8 Å². The molecule has 25 heavy (non-hydrogen) atoms. The minimum absolute atomic E-state index is 0.192. The molecule has 1 saturated heterocycles. The lowest BCUT2D eigenvalue weighted by Crippen LogP contribution is -2.46. The van der Waals surface area contributed by atoms with Crippen LogP contribution < -0.4 is 9.47 Å². The van der Waals surface area contributed by atoms with Crippen LogP contribution in [0.4, 0.5) is 0 Å². The highest BCUT2D eigenvalue weighted by atomic mass is 16.5. The monoisotopic (exact) mass is 350 g/mol. The van der Waals surface area contributed by atoms with Gasteiger partial charge in [0.15, 0.2) is 11.5 Å². The number of methoxy groups -OCH3 is 2. The highest BCUT2D eigenvalue weighted by Crippen LogP contribution is 2.30. The summed E-state index contributed by atoms with van der Waals surface area (Å²) < 4.78 is 24.8. The third-order valence-electron chi connectivity index (χ3n) is 5.38. The number of likely N-dealkylation sites (tertiary alicyclic amines) is 1. The predicted molar refractivity (Wildman–Crippen MR) is 97.4 cm³/mol. The van der Waals surface area contributed by atoms with Gasteiger partial charge in [-0.1, -0.05) is 18.9 Å². The van der Waals surface area contributed by atoms with Crippen LogP contribution >= 0.6 is 0 Å². The summed E-state index contributed by atoms with van der Waals surface area (Å²) in [5.41, 5.74) is 1.16. The van der Waals surface area contributed by atoms with Crippen molar-refractivity contribution in [1.82, 2.24) is 4.90 Å². The molecule has 1 aliphatic carbocycles. The highest BCUT2D eigenvalue weighted by molar-refractivity contribution is 5.42. The quantitative estimate of drug-likeness (QED) is 0.819. The summed E-state index contributed by atoms with van der Waals surface area (Å²) in [6.07, 6.45) is 4.80. The van der Waals surface area contributed by atoms with Crippen molar-refractivity contribution in [2.24, 2.45) is 0 Å². The second-order valence-electron chi connectivity index (χ2n) is 6.99. The summed E-state index contributed by atoms with van der Waals surface area (Å²) in [7, 11) is 3.29. The molecule has 1 N–H and O–H groups in total. The van der Waals surface area contributed by atoms with Crippen LogP contribution in [0.15, 0.2) is 18.2 Å². The zero-order valence-electron chi connectivity index (χ0n) is 16.4. The van der Waals surface area contributed by atoms with Crippen molar-refractivity contribution in [3.8, 4) is 11.5 Å². The Hall–Kier alpha value is -1.30. The van der Waals surface area contributed by atoms with E-state index < -0.39 is 6.08 Å². The molecule has 1 aliphatic heterocycles. The Morgan fingerprint density at radius 1 is 1.16 bits per heavy atom. The highest BCUT2D eigenvalue weighted by Gasteiger charge is 2.34. The molecule has 2 fully saturated rings. The zero-order valence-corrected chi connectivity index (χ0v) is 15.4. The first-order chi connectivity index (χ1) is 12.5. The Balaban J connectivity index is 1.54. The minimum Gasteiger partial charge on any atom is -0.493 e. The van der Waals surface area contributed by atoms with Crippen LogP contribution in [0.1, 0.15) is 39.0 Å². The first kappa shape index (κ1) is 17.1. The van der Waals surface area contributed by atoms with E-state index in [0.717, 1.165) is 42.9 Å². The van der Waals surface area contributed by atoms with Crippen molar-refractivity contribution in [3.63, 3.8) is 0 Å². The number of aliphatic hydroxyl groups is 1. The predicted octanol–water partition coefficient (Wildman–Crippen LogP) is 2.64. The summed E-state index contributed by atoms with van der Waals surface area (Å²) >= 11 is 0. The van der Waals surface area contributed by atoms with Crippen LogP contribution in [0.3, 0.4) is 0 Å². The van der Waals surface area contributed by atoms with Gasteiger partial charge in [-0.2, -0.15) is 0 Å². The molecular formula is C20H31NO4. The van der Waals surface area contributed by atoms with Crippen LogP contribution in [-0.4, -0.2) is 62.1 Å². The second-order valence-corrected chi connectivity index (χ2v) is 6.99.